The molecular weight excluding hydrogens is 300 g/mol. The zero-order chi connectivity index (χ0) is 15.5. The van der Waals surface area contributed by atoms with E-state index in [4.69, 9.17) is 4.42 Å². The molecular formula is C16H18N2O3S. The maximum Gasteiger partial charge on any atom is 0.291 e. The van der Waals surface area contributed by atoms with E-state index in [9.17, 15) is 9.59 Å². The number of furan rings is 1. The van der Waals surface area contributed by atoms with Crippen molar-refractivity contribution in [2.75, 3.05) is 12.4 Å². The quantitative estimate of drug-likeness (QED) is 0.854. The summed E-state index contributed by atoms with van der Waals surface area (Å²) < 4.78 is 5.11. The van der Waals surface area contributed by atoms with Crippen LogP contribution in [-0.4, -0.2) is 18.9 Å². The molecule has 6 heteroatoms. The van der Waals surface area contributed by atoms with Crippen LogP contribution < -0.4 is 10.6 Å². The number of hydrogen-bond acceptors (Lipinski definition) is 4. The molecule has 0 saturated heterocycles. The summed E-state index contributed by atoms with van der Waals surface area (Å²) in [5.41, 5.74) is 1.71. The van der Waals surface area contributed by atoms with Crippen LogP contribution in [0.3, 0.4) is 0 Å². The lowest BCUT2D eigenvalue weighted by molar-refractivity contribution is 0.0963. The van der Waals surface area contributed by atoms with E-state index in [0.29, 0.717) is 10.6 Å². The number of carbonyl (C=O) groups excluding carboxylic acids is 2. The molecule has 0 fully saturated rings. The van der Waals surface area contributed by atoms with E-state index in [1.165, 1.54) is 28.9 Å². The topological polar surface area (TPSA) is 71.3 Å². The van der Waals surface area contributed by atoms with Crippen molar-refractivity contribution in [1.29, 1.82) is 0 Å². The lowest BCUT2D eigenvalue weighted by atomic mass is 10.0. The normalized spacial score (nSPS) is 14.0. The van der Waals surface area contributed by atoms with Crippen molar-refractivity contribution in [2.45, 2.75) is 32.1 Å². The highest BCUT2D eigenvalue weighted by Gasteiger charge is 2.25. The molecule has 0 spiro atoms. The Kier molecular flexibility index (Phi) is 4.29. The van der Waals surface area contributed by atoms with Crippen LogP contribution in [0, 0.1) is 0 Å². The summed E-state index contributed by atoms with van der Waals surface area (Å²) in [5.74, 6) is -0.229. The number of hydrogen-bond donors (Lipinski definition) is 2. The number of nitrogens with one attached hydrogen (secondary N) is 2. The second-order valence-electron chi connectivity index (χ2n) is 5.28. The van der Waals surface area contributed by atoms with Crippen LogP contribution in [0.2, 0.25) is 0 Å². The maximum absolute atomic E-state index is 12.3. The zero-order valence-corrected chi connectivity index (χ0v) is 13.2. The first-order valence-electron chi connectivity index (χ1n) is 7.42. The fraction of sp³-hybridized carbons (Fsp3) is 0.375. The predicted octanol–water partition coefficient (Wildman–Crippen LogP) is 3.22. The lowest BCUT2D eigenvalue weighted by Crippen LogP contribution is -2.21. The second kappa shape index (κ2) is 6.36. The van der Waals surface area contributed by atoms with Gasteiger partial charge in [-0.2, -0.15) is 0 Å². The molecule has 0 saturated carbocycles. The Morgan fingerprint density at radius 2 is 2.00 bits per heavy atom. The molecule has 1 aliphatic carbocycles. The molecule has 2 amide bonds. The number of carbonyl (C=O) groups is 2. The molecule has 1 aliphatic rings. The van der Waals surface area contributed by atoms with Gasteiger partial charge in [0, 0.05) is 11.9 Å². The summed E-state index contributed by atoms with van der Waals surface area (Å²) in [5, 5.41) is 6.13. The Morgan fingerprint density at radius 3 is 2.73 bits per heavy atom. The smallest absolute Gasteiger partial charge is 0.291 e. The summed E-state index contributed by atoms with van der Waals surface area (Å²) in [6.07, 6.45) is 6.72. The van der Waals surface area contributed by atoms with Crippen LogP contribution >= 0.6 is 11.3 Å². The Bertz CT molecular complexity index is 689. The first kappa shape index (κ1) is 14.8. The molecule has 116 valence electrons. The van der Waals surface area contributed by atoms with Crippen LogP contribution in [-0.2, 0) is 12.8 Å². The Hall–Kier alpha value is -2.08. The maximum atomic E-state index is 12.3. The molecule has 0 aromatic carbocycles. The molecule has 0 aliphatic heterocycles. The average Bonchev–Trinajstić information content (AvgIpc) is 3.10. The highest BCUT2D eigenvalue weighted by Crippen LogP contribution is 2.37. The molecule has 3 rings (SSSR count). The summed E-state index contributed by atoms with van der Waals surface area (Å²) >= 11 is 1.51. The van der Waals surface area contributed by atoms with E-state index in [-0.39, 0.29) is 17.6 Å². The van der Waals surface area contributed by atoms with E-state index >= 15 is 0 Å². The predicted molar refractivity (Wildman–Crippen MR) is 85.6 cm³/mol. The van der Waals surface area contributed by atoms with Crippen LogP contribution in [0.15, 0.2) is 22.8 Å². The van der Waals surface area contributed by atoms with Gasteiger partial charge in [-0.05, 0) is 43.4 Å². The first-order valence-corrected chi connectivity index (χ1v) is 8.24. The molecule has 5 nitrogen and oxygen atoms in total. The van der Waals surface area contributed by atoms with Gasteiger partial charge in [0.05, 0.1) is 11.8 Å². The lowest BCUT2D eigenvalue weighted by Gasteiger charge is -2.07. The molecule has 2 aromatic heterocycles. The Labute approximate surface area is 132 Å². The summed E-state index contributed by atoms with van der Waals surface area (Å²) in [6, 6.07) is 3.27. The molecule has 22 heavy (non-hydrogen) atoms. The van der Waals surface area contributed by atoms with Gasteiger partial charge in [0.25, 0.3) is 11.8 Å². The van der Waals surface area contributed by atoms with Gasteiger partial charge in [-0.1, -0.05) is 6.42 Å². The van der Waals surface area contributed by atoms with Gasteiger partial charge in [-0.3, -0.25) is 9.59 Å². The number of fused-ring (bicyclic) bond motifs is 1. The van der Waals surface area contributed by atoms with E-state index in [2.05, 4.69) is 10.6 Å². The van der Waals surface area contributed by atoms with Crippen molar-refractivity contribution in [2.24, 2.45) is 0 Å². The summed E-state index contributed by atoms with van der Waals surface area (Å²) in [7, 11) is 1.61. The van der Waals surface area contributed by atoms with Gasteiger partial charge >= 0.3 is 0 Å². The fourth-order valence-corrected chi connectivity index (χ4v) is 4.05. The van der Waals surface area contributed by atoms with Crippen molar-refractivity contribution in [3.05, 3.63) is 40.2 Å². The molecule has 0 unspecified atom stereocenters. The van der Waals surface area contributed by atoms with Crippen molar-refractivity contribution < 1.29 is 14.0 Å². The highest BCUT2D eigenvalue weighted by molar-refractivity contribution is 7.17. The highest BCUT2D eigenvalue weighted by atomic mass is 32.1. The Morgan fingerprint density at radius 1 is 1.18 bits per heavy atom. The van der Waals surface area contributed by atoms with E-state index < -0.39 is 0 Å². The average molecular weight is 318 g/mol. The molecule has 2 heterocycles. The minimum absolute atomic E-state index is 0.144. The van der Waals surface area contributed by atoms with Crippen LogP contribution in [0.25, 0.3) is 0 Å². The molecule has 0 radical (unpaired) electrons. The number of thiophene rings is 1. The van der Waals surface area contributed by atoms with Gasteiger partial charge in [-0.15, -0.1) is 11.3 Å². The second-order valence-corrected chi connectivity index (χ2v) is 6.38. The third-order valence-electron chi connectivity index (χ3n) is 3.85. The van der Waals surface area contributed by atoms with E-state index in [1.807, 2.05) is 0 Å². The van der Waals surface area contributed by atoms with Gasteiger partial charge < -0.3 is 15.1 Å². The number of anilines is 1. The van der Waals surface area contributed by atoms with Crippen molar-refractivity contribution >= 4 is 28.2 Å². The van der Waals surface area contributed by atoms with Crippen LogP contribution in [0.4, 0.5) is 5.00 Å². The fourth-order valence-electron chi connectivity index (χ4n) is 2.77. The third kappa shape index (κ3) is 2.78. The zero-order valence-electron chi connectivity index (χ0n) is 12.4. The number of rotatable bonds is 3. The van der Waals surface area contributed by atoms with Gasteiger partial charge in [-0.25, -0.2) is 0 Å². The molecule has 0 bridgehead atoms. The van der Waals surface area contributed by atoms with Gasteiger partial charge in [0.15, 0.2) is 5.76 Å². The standard InChI is InChI=1S/C16H18N2O3S/c1-17-15(20)13-10-6-3-2-4-8-12(10)22-16(13)18-14(19)11-7-5-9-21-11/h5,7,9H,2-4,6,8H2,1H3,(H,17,20)(H,18,19). The van der Waals surface area contributed by atoms with Gasteiger partial charge in [0.2, 0.25) is 0 Å². The SMILES string of the molecule is CNC(=O)c1c(NC(=O)c2ccco2)sc2c1CCCCC2. The van der Waals surface area contributed by atoms with E-state index in [0.717, 1.165) is 31.2 Å². The molecule has 0 atom stereocenters. The van der Waals surface area contributed by atoms with Gasteiger partial charge in [0.1, 0.15) is 5.00 Å². The van der Waals surface area contributed by atoms with E-state index in [1.54, 1.807) is 19.2 Å². The number of amides is 2. The number of aryl methyl sites for hydroxylation is 1. The first-order chi connectivity index (χ1) is 10.7. The van der Waals surface area contributed by atoms with Crippen molar-refractivity contribution in [3.63, 3.8) is 0 Å². The minimum Gasteiger partial charge on any atom is -0.459 e. The molecule has 2 N–H and O–H groups in total. The third-order valence-corrected chi connectivity index (χ3v) is 5.05. The largest absolute Gasteiger partial charge is 0.459 e. The Balaban J connectivity index is 1.96. The molecule has 2 aromatic rings. The van der Waals surface area contributed by atoms with Crippen LogP contribution in [0.5, 0.6) is 0 Å². The summed E-state index contributed by atoms with van der Waals surface area (Å²) in [6.45, 7) is 0. The summed E-state index contributed by atoms with van der Waals surface area (Å²) in [4.78, 5) is 25.7. The monoisotopic (exact) mass is 318 g/mol. The minimum atomic E-state index is -0.327. The van der Waals surface area contributed by atoms with Crippen LogP contribution in [0.1, 0.15) is 50.6 Å². The van der Waals surface area contributed by atoms with Crippen molar-refractivity contribution in [3.8, 4) is 0 Å². The van der Waals surface area contributed by atoms with Crippen molar-refractivity contribution in [1.82, 2.24) is 5.32 Å².